The largest absolute Gasteiger partial charge is 0.464 e. The first-order valence-electron chi connectivity index (χ1n) is 6.52. The van der Waals surface area contributed by atoms with Gasteiger partial charge in [-0.3, -0.25) is 0 Å². The molecule has 0 radical (unpaired) electrons. The van der Waals surface area contributed by atoms with E-state index in [1.54, 1.807) is 0 Å². The molecule has 1 aliphatic rings. The summed E-state index contributed by atoms with van der Waals surface area (Å²) in [5.41, 5.74) is 2.07. The van der Waals surface area contributed by atoms with Crippen molar-refractivity contribution in [3.05, 3.63) is 71.2 Å². The second kappa shape index (κ2) is 4.43. The number of halogens is 1. The Labute approximate surface area is 121 Å². The summed E-state index contributed by atoms with van der Waals surface area (Å²) in [6.07, 6.45) is -0.172. The number of benzene rings is 3. The highest BCUT2D eigenvalue weighted by atomic mass is 35.5. The van der Waals surface area contributed by atoms with Crippen molar-refractivity contribution in [1.82, 2.24) is 0 Å². The van der Waals surface area contributed by atoms with Gasteiger partial charge in [-0.1, -0.05) is 54.1 Å². The minimum atomic E-state index is -0.172. The lowest BCUT2D eigenvalue weighted by atomic mass is 10.0. The monoisotopic (exact) mass is 281 g/mol. The Bertz CT molecular complexity index is 795. The number of hydrogen-bond acceptors (Lipinski definition) is 2. The van der Waals surface area contributed by atoms with Gasteiger partial charge in [-0.15, -0.1) is 0 Å². The molecular formula is C17H12ClNO. The van der Waals surface area contributed by atoms with Crippen molar-refractivity contribution in [1.29, 1.82) is 0 Å². The van der Waals surface area contributed by atoms with Crippen LogP contribution in [0.15, 0.2) is 60.7 Å². The van der Waals surface area contributed by atoms with Gasteiger partial charge in [0.15, 0.2) is 6.23 Å². The molecule has 1 aliphatic heterocycles. The zero-order valence-corrected chi connectivity index (χ0v) is 11.4. The lowest BCUT2D eigenvalue weighted by Gasteiger charge is -2.14. The summed E-state index contributed by atoms with van der Waals surface area (Å²) in [6, 6.07) is 20.2. The molecular weight excluding hydrogens is 270 g/mol. The predicted molar refractivity (Wildman–Crippen MR) is 82.4 cm³/mol. The minimum absolute atomic E-state index is 0.172. The quantitative estimate of drug-likeness (QED) is 0.678. The number of rotatable bonds is 1. The van der Waals surface area contributed by atoms with Gasteiger partial charge in [0.25, 0.3) is 0 Å². The van der Waals surface area contributed by atoms with E-state index in [4.69, 9.17) is 16.3 Å². The number of nitrogens with one attached hydrogen (secondary N) is 1. The molecule has 4 rings (SSSR count). The molecule has 2 nitrogen and oxygen atoms in total. The van der Waals surface area contributed by atoms with Crippen LogP contribution in [0.25, 0.3) is 10.8 Å². The van der Waals surface area contributed by atoms with Crippen molar-refractivity contribution in [3.63, 3.8) is 0 Å². The molecule has 1 heterocycles. The molecule has 1 atom stereocenters. The summed E-state index contributed by atoms with van der Waals surface area (Å²) < 4.78 is 5.99. The molecule has 1 N–H and O–H groups in total. The fourth-order valence-electron chi connectivity index (χ4n) is 2.64. The Kier molecular flexibility index (Phi) is 2.57. The Morgan fingerprint density at radius 3 is 2.75 bits per heavy atom. The molecule has 0 spiro atoms. The van der Waals surface area contributed by atoms with Gasteiger partial charge < -0.3 is 10.1 Å². The average Bonchev–Trinajstić information content (AvgIpc) is 2.89. The summed E-state index contributed by atoms with van der Waals surface area (Å²) in [7, 11) is 0. The van der Waals surface area contributed by atoms with Gasteiger partial charge in [0.05, 0.1) is 5.69 Å². The minimum Gasteiger partial charge on any atom is -0.464 e. The first-order chi connectivity index (χ1) is 9.81. The first kappa shape index (κ1) is 11.6. The summed E-state index contributed by atoms with van der Waals surface area (Å²) in [5, 5.41) is 6.50. The average molecular weight is 282 g/mol. The van der Waals surface area contributed by atoms with Gasteiger partial charge in [-0.05, 0) is 29.0 Å². The van der Waals surface area contributed by atoms with Gasteiger partial charge >= 0.3 is 0 Å². The van der Waals surface area contributed by atoms with E-state index in [2.05, 4.69) is 35.6 Å². The maximum Gasteiger partial charge on any atom is 0.197 e. The van der Waals surface area contributed by atoms with E-state index < -0.39 is 0 Å². The van der Waals surface area contributed by atoms with E-state index in [0.717, 1.165) is 17.0 Å². The van der Waals surface area contributed by atoms with Crippen LogP contribution in [-0.4, -0.2) is 0 Å². The van der Waals surface area contributed by atoms with Gasteiger partial charge in [0, 0.05) is 10.6 Å². The second-order valence-electron chi connectivity index (χ2n) is 4.85. The van der Waals surface area contributed by atoms with E-state index in [1.807, 2.05) is 30.3 Å². The third-order valence-corrected chi connectivity index (χ3v) is 3.81. The standard InChI is InChI=1S/C17H12ClNO/c18-12-8-9-16-15(10-12)19-17(20-16)14-7-3-5-11-4-1-2-6-13(11)14/h1-10,17,19H. The molecule has 3 heteroatoms. The van der Waals surface area contributed by atoms with Gasteiger partial charge in [-0.25, -0.2) is 0 Å². The molecule has 1 unspecified atom stereocenters. The lowest BCUT2D eigenvalue weighted by Crippen LogP contribution is -2.10. The first-order valence-corrected chi connectivity index (χ1v) is 6.89. The molecule has 3 aromatic carbocycles. The van der Waals surface area contributed by atoms with Gasteiger partial charge in [0.2, 0.25) is 0 Å². The van der Waals surface area contributed by atoms with E-state index in [-0.39, 0.29) is 6.23 Å². The summed E-state index contributed by atoms with van der Waals surface area (Å²) in [5.74, 6) is 0.840. The molecule has 0 amide bonds. The van der Waals surface area contributed by atoms with E-state index >= 15 is 0 Å². The molecule has 0 aromatic heterocycles. The SMILES string of the molecule is Clc1ccc2c(c1)NC(c1cccc3ccccc13)O2. The normalized spacial score (nSPS) is 16.6. The molecule has 98 valence electrons. The van der Waals surface area contributed by atoms with Crippen LogP contribution in [0.4, 0.5) is 5.69 Å². The van der Waals surface area contributed by atoms with Gasteiger partial charge in [0.1, 0.15) is 5.75 Å². The fraction of sp³-hybridized carbons (Fsp3) is 0.0588. The van der Waals surface area contributed by atoms with Crippen LogP contribution < -0.4 is 10.1 Å². The maximum absolute atomic E-state index is 6.02. The number of anilines is 1. The highest BCUT2D eigenvalue weighted by molar-refractivity contribution is 6.31. The van der Waals surface area contributed by atoms with Crippen molar-refractivity contribution >= 4 is 28.1 Å². The molecule has 3 aromatic rings. The molecule has 0 fully saturated rings. The van der Waals surface area contributed by atoms with Crippen molar-refractivity contribution in [2.45, 2.75) is 6.23 Å². The zero-order chi connectivity index (χ0) is 13.5. The lowest BCUT2D eigenvalue weighted by molar-refractivity contribution is 0.261. The predicted octanol–water partition coefficient (Wildman–Crippen LogP) is 5.00. The van der Waals surface area contributed by atoms with Crippen LogP contribution in [0.2, 0.25) is 5.02 Å². The number of hydrogen-bond donors (Lipinski definition) is 1. The van der Waals surface area contributed by atoms with Crippen molar-refractivity contribution < 1.29 is 4.74 Å². The summed E-state index contributed by atoms with van der Waals surface area (Å²) >= 11 is 6.02. The third-order valence-electron chi connectivity index (χ3n) is 3.58. The summed E-state index contributed by atoms with van der Waals surface area (Å²) in [6.45, 7) is 0. The Morgan fingerprint density at radius 2 is 1.80 bits per heavy atom. The molecule has 0 saturated heterocycles. The number of fused-ring (bicyclic) bond motifs is 2. The van der Waals surface area contributed by atoms with Crippen LogP contribution in [0.3, 0.4) is 0 Å². The highest BCUT2D eigenvalue weighted by Gasteiger charge is 2.24. The van der Waals surface area contributed by atoms with Crippen LogP contribution >= 0.6 is 11.6 Å². The molecule has 0 saturated carbocycles. The van der Waals surface area contributed by atoms with Crippen LogP contribution in [-0.2, 0) is 0 Å². The number of ether oxygens (including phenoxy) is 1. The Morgan fingerprint density at radius 1 is 0.950 bits per heavy atom. The zero-order valence-electron chi connectivity index (χ0n) is 10.6. The summed E-state index contributed by atoms with van der Waals surface area (Å²) in [4.78, 5) is 0. The van der Waals surface area contributed by atoms with Crippen molar-refractivity contribution in [2.75, 3.05) is 5.32 Å². The van der Waals surface area contributed by atoms with Crippen LogP contribution in [0.5, 0.6) is 5.75 Å². The maximum atomic E-state index is 6.02. The van der Waals surface area contributed by atoms with E-state index in [0.29, 0.717) is 5.02 Å². The van der Waals surface area contributed by atoms with Crippen molar-refractivity contribution in [2.24, 2.45) is 0 Å². The van der Waals surface area contributed by atoms with Crippen LogP contribution in [0, 0.1) is 0 Å². The Hall–Kier alpha value is -2.19. The topological polar surface area (TPSA) is 21.3 Å². The van der Waals surface area contributed by atoms with E-state index in [9.17, 15) is 0 Å². The Balaban J connectivity index is 1.79. The fourth-order valence-corrected chi connectivity index (χ4v) is 2.81. The third kappa shape index (κ3) is 1.81. The van der Waals surface area contributed by atoms with E-state index in [1.165, 1.54) is 10.8 Å². The molecule has 20 heavy (non-hydrogen) atoms. The van der Waals surface area contributed by atoms with Crippen molar-refractivity contribution in [3.8, 4) is 5.75 Å². The van der Waals surface area contributed by atoms with Gasteiger partial charge in [-0.2, -0.15) is 0 Å². The molecule has 0 bridgehead atoms. The second-order valence-corrected chi connectivity index (χ2v) is 5.29. The van der Waals surface area contributed by atoms with Crippen LogP contribution in [0.1, 0.15) is 11.8 Å². The molecule has 0 aliphatic carbocycles. The highest BCUT2D eigenvalue weighted by Crippen LogP contribution is 2.40. The smallest absolute Gasteiger partial charge is 0.197 e.